The zero-order valence-electron chi connectivity index (χ0n) is 21.0. The zero-order chi connectivity index (χ0) is 26.3. The monoisotopic (exact) mass is 507 g/mol. The van der Waals surface area contributed by atoms with E-state index in [9.17, 15) is 13.6 Å². The SMILES string of the molecule is C[C@@H]1CN(c2ncnc3c2c(-c2cnccn2)cn3-c2cc(F)cc(F)c2)CCN1C(=O)OC(C)(C)C. The van der Waals surface area contributed by atoms with Gasteiger partial charge in [-0.3, -0.25) is 9.97 Å². The molecule has 4 aromatic rings. The van der Waals surface area contributed by atoms with Gasteiger partial charge in [-0.2, -0.15) is 0 Å². The van der Waals surface area contributed by atoms with Crippen molar-refractivity contribution in [2.75, 3.05) is 24.5 Å². The summed E-state index contributed by atoms with van der Waals surface area (Å²) in [6.07, 6.45) is 7.57. The summed E-state index contributed by atoms with van der Waals surface area (Å²) in [5.74, 6) is -0.754. The van der Waals surface area contributed by atoms with Crippen LogP contribution in [-0.4, -0.2) is 66.8 Å². The van der Waals surface area contributed by atoms with Crippen molar-refractivity contribution in [1.29, 1.82) is 0 Å². The summed E-state index contributed by atoms with van der Waals surface area (Å²) in [5.41, 5.74) is 1.41. The predicted octanol–water partition coefficient (Wildman–Crippen LogP) is 4.60. The Morgan fingerprint density at radius 2 is 1.81 bits per heavy atom. The lowest BCUT2D eigenvalue weighted by Crippen LogP contribution is -2.55. The van der Waals surface area contributed by atoms with Crippen LogP contribution in [0.1, 0.15) is 27.7 Å². The second kappa shape index (κ2) is 9.38. The van der Waals surface area contributed by atoms with Crippen LogP contribution in [0.4, 0.5) is 19.4 Å². The molecule has 0 unspecified atom stereocenters. The van der Waals surface area contributed by atoms with E-state index >= 15 is 0 Å². The van der Waals surface area contributed by atoms with E-state index in [1.165, 1.54) is 18.5 Å². The van der Waals surface area contributed by atoms with Gasteiger partial charge in [-0.05, 0) is 39.8 Å². The second-order valence-corrected chi connectivity index (χ2v) is 10.00. The number of fused-ring (bicyclic) bond motifs is 1. The van der Waals surface area contributed by atoms with Gasteiger partial charge in [-0.25, -0.2) is 23.5 Å². The number of rotatable bonds is 3. The molecule has 1 amide bonds. The van der Waals surface area contributed by atoms with Crippen molar-refractivity contribution in [3.05, 3.63) is 60.9 Å². The Bertz CT molecular complexity index is 1430. The van der Waals surface area contributed by atoms with Crippen molar-refractivity contribution < 1.29 is 18.3 Å². The molecule has 0 bridgehead atoms. The fourth-order valence-corrected chi connectivity index (χ4v) is 4.53. The standard InChI is InChI=1S/C26H27F2N7O2/c1-16-13-33(7-8-34(16)25(36)37-26(2,3)4)23-22-20(21-12-29-5-6-30-21)14-35(24(22)32-15-31-23)19-10-17(27)9-18(28)11-19/h5-6,9-12,14-16H,7-8,13H2,1-4H3/t16-/m1/s1. The minimum absolute atomic E-state index is 0.145. The van der Waals surface area contributed by atoms with Crippen molar-refractivity contribution in [2.24, 2.45) is 0 Å². The Hall–Kier alpha value is -4.15. The van der Waals surface area contributed by atoms with Crippen molar-refractivity contribution >= 4 is 22.9 Å². The van der Waals surface area contributed by atoms with E-state index in [2.05, 4.69) is 24.8 Å². The molecule has 11 heteroatoms. The molecule has 1 atom stereocenters. The molecule has 1 fully saturated rings. The molecule has 0 radical (unpaired) electrons. The Kier molecular flexibility index (Phi) is 6.22. The van der Waals surface area contributed by atoms with Gasteiger partial charge in [0.25, 0.3) is 0 Å². The van der Waals surface area contributed by atoms with E-state index in [0.717, 1.165) is 6.07 Å². The predicted molar refractivity (Wildman–Crippen MR) is 134 cm³/mol. The van der Waals surface area contributed by atoms with Gasteiger partial charge in [0.15, 0.2) is 5.65 Å². The number of anilines is 1. The number of hydrogen-bond acceptors (Lipinski definition) is 7. The average Bonchev–Trinajstić information content (AvgIpc) is 3.23. The first-order chi connectivity index (χ1) is 17.6. The number of halogens is 2. The molecule has 3 aromatic heterocycles. The van der Waals surface area contributed by atoms with Crippen molar-refractivity contribution in [1.82, 2.24) is 29.4 Å². The molecule has 0 aliphatic carbocycles. The van der Waals surface area contributed by atoms with Gasteiger partial charge >= 0.3 is 6.09 Å². The fraction of sp³-hybridized carbons (Fsp3) is 0.346. The van der Waals surface area contributed by atoms with E-state index in [1.54, 1.807) is 34.3 Å². The van der Waals surface area contributed by atoms with E-state index in [-0.39, 0.29) is 17.8 Å². The number of aromatic nitrogens is 5. The number of nitrogens with zero attached hydrogens (tertiary/aromatic N) is 7. The summed E-state index contributed by atoms with van der Waals surface area (Å²) >= 11 is 0. The van der Waals surface area contributed by atoms with Gasteiger partial charge in [0.2, 0.25) is 0 Å². The second-order valence-electron chi connectivity index (χ2n) is 10.00. The molecule has 1 saturated heterocycles. The molecule has 0 spiro atoms. The van der Waals surface area contributed by atoms with Crippen molar-refractivity contribution in [2.45, 2.75) is 39.3 Å². The van der Waals surface area contributed by atoms with Crippen LogP contribution in [0.2, 0.25) is 0 Å². The summed E-state index contributed by atoms with van der Waals surface area (Å²) in [7, 11) is 0. The van der Waals surface area contributed by atoms with E-state index in [0.29, 0.717) is 47.7 Å². The molecule has 192 valence electrons. The minimum atomic E-state index is -0.695. The summed E-state index contributed by atoms with van der Waals surface area (Å²) in [6.45, 7) is 8.93. The summed E-state index contributed by atoms with van der Waals surface area (Å²) in [6, 6.07) is 3.16. The van der Waals surface area contributed by atoms with E-state index < -0.39 is 17.2 Å². The fourth-order valence-electron chi connectivity index (χ4n) is 4.53. The van der Waals surface area contributed by atoms with Gasteiger partial charge in [0, 0.05) is 55.9 Å². The molecule has 1 aliphatic heterocycles. The van der Waals surface area contributed by atoms with Crippen LogP contribution in [-0.2, 0) is 4.74 Å². The summed E-state index contributed by atoms with van der Waals surface area (Å²) < 4.78 is 35.4. The lowest BCUT2D eigenvalue weighted by atomic mass is 10.1. The molecule has 0 N–H and O–H groups in total. The quantitative estimate of drug-likeness (QED) is 0.400. The molecule has 0 saturated carbocycles. The first-order valence-electron chi connectivity index (χ1n) is 11.9. The maximum Gasteiger partial charge on any atom is 0.410 e. The lowest BCUT2D eigenvalue weighted by Gasteiger charge is -2.40. The third-order valence-corrected chi connectivity index (χ3v) is 6.08. The summed E-state index contributed by atoms with van der Waals surface area (Å²) in [5, 5.41) is 0.672. The van der Waals surface area contributed by atoms with Crippen LogP contribution >= 0.6 is 0 Å². The maximum atomic E-state index is 14.1. The maximum absolute atomic E-state index is 14.1. The van der Waals surface area contributed by atoms with Crippen molar-refractivity contribution in [3.63, 3.8) is 0 Å². The number of piperazine rings is 1. The Morgan fingerprint density at radius 3 is 2.46 bits per heavy atom. The van der Waals surface area contributed by atoms with Crippen molar-refractivity contribution in [3.8, 4) is 16.9 Å². The van der Waals surface area contributed by atoms with Crippen LogP contribution in [0.3, 0.4) is 0 Å². The highest BCUT2D eigenvalue weighted by molar-refractivity contribution is 6.01. The third-order valence-electron chi connectivity index (χ3n) is 6.08. The van der Waals surface area contributed by atoms with Crippen LogP contribution in [0.15, 0.2) is 49.3 Å². The average molecular weight is 508 g/mol. The van der Waals surface area contributed by atoms with Gasteiger partial charge in [-0.1, -0.05) is 0 Å². The first-order valence-corrected chi connectivity index (χ1v) is 11.9. The van der Waals surface area contributed by atoms with Gasteiger partial charge < -0.3 is 19.1 Å². The van der Waals surface area contributed by atoms with Crippen LogP contribution in [0, 0.1) is 11.6 Å². The molecule has 5 rings (SSSR count). The number of hydrogen-bond donors (Lipinski definition) is 0. The molecule has 4 heterocycles. The van der Waals surface area contributed by atoms with Gasteiger partial charge in [0.05, 0.1) is 23.0 Å². The smallest absolute Gasteiger partial charge is 0.410 e. The Balaban J connectivity index is 1.58. The molecule has 37 heavy (non-hydrogen) atoms. The molecular formula is C26H27F2N7O2. The zero-order valence-corrected chi connectivity index (χ0v) is 21.0. The molecule has 1 aromatic carbocycles. The normalized spacial score (nSPS) is 16.3. The highest BCUT2D eigenvalue weighted by Crippen LogP contribution is 2.36. The third kappa shape index (κ3) is 4.93. The number of carbonyl (C=O) groups excluding carboxylic acids is 1. The van der Waals surface area contributed by atoms with Crippen LogP contribution in [0.5, 0.6) is 0 Å². The highest BCUT2D eigenvalue weighted by atomic mass is 19.1. The largest absolute Gasteiger partial charge is 0.444 e. The van der Waals surface area contributed by atoms with Crippen LogP contribution in [0.25, 0.3) is 28.0 Å². The molecule has 9 nitrogen and oxygen atoms in total. The number of carbonyl (C=O) groups is 1. The summed E-state index contributed by atoms with van der Waals surface area (Å²) in [4.78, 5) is 34.2. The van der Waals surface area contributed by atoms with E-state index in [4.69, 9.17) is 4.74 Å². The molecule has 1 aliphatic rings. The Labute approximate surface area is 212 Å². The minimum Gasteiger partial charge on any atom is -0.444 e. The lowest BCUT2D eigenvalue weighted by molar-refractivity contribution is 0.0158. The first kappa shape index (κ1) is 24.5. The topological polar surface area (TPSA) is 89.3 Å². The van der Waals surface area contributed by atoms with Crippen LogP contribution < -0.4 is 4.90 Å². The Morgan fingerprint density at radius 1 is 1.05 bits per heavy atom. The van der Waals surface area contributed by atoms with E-state index in [1.807, 2.05) is 27.7 Å². The number of ether oxygens (including phenoxy) is 1. The number of benzene rings is 1. The number of amides is 1. The van der Waals surface area contributed by atoms with Gasteiger partial charge in [-0.15, -0.1) is 0 Å². The molecular weight excluding hydrogens is 480 g/mol. The highest BCUT2D eigenvalue weighted by Gasteiger charge is 2.33. The van der Waals surface area contributed by atoms with Gasteiger partial charge in [0.1, 0.15) is 29.4 Å².